The van der Waals surface area contributed by atoms with Crippen LogP contribution in [-0.4, -0.2) is 15.0 Å². The van der Waals surface area contributed by atoms with Crippen molar-refractivity contribution in [1.29, 1.82) is 0 Å². The second kappa shape index (κ2) is 7.47. The van der Waals surface area contributed by atoms with E-state index in [1.165, 1.54) is 0 Å². The normalized spacial score (nSPS) is 11.6. The zero-order valence-corrected chi connectivity index (χ0v) is 14.5. The lowest BCUT2D eigenvalue weighted by atomic mass is 10.1. The Hall–Kier alpha value is -1.07. The van der Waals surface area contributed by atoms with Crippen LogP contribution < -0.4 is 4.72 Å². The molecule has 2 aromatic rings. The van der Waals surface area contributed by atoms with Gasteiger partial charge in [-0.15, -0.1) is 0 Å². The first-order valence-electron chi connectivity index (χ1n) is 6.95. The lowest BCUT2D eigenvalue weighted by Crippen LogP contribution is -2.26. The van der Waals surface area contributed by atoms with Crippen molar-refractivity contribution in [3.8, 4) is 0 Å². The summed E-state index contributed by atoms with van der Waals surface area (Å²) in [7, 11) is -3.50. The Morgan fingerprint density at radius 2 is 1.73 bits per heavy atom. The number of benzene rings is 2. The van der Waals surface area contributed by atoms with Crippen LogP contribution in [0.4, 0.5) is 0 Å². The average Bonchev–Trinajstić information content (AvgIpc) is 2.49. The minimum atomic E-state index is -3.50. The number of halogens is 2. The standard InChI is InChI=1S/C16H17Cl2NO2S/c1-2-12-3-7-15(8-4-12)22(20,21)19-10-9-13-5-6-14(17)11-16(13)18/h3-8,11,19H,2,9-10H2,1H3. The third-order valence-corrected chi connectivity index (χ3v) is 5.41. The highest BCUT2D eigenvalue weighted by Crippen LogP contribution is 2.21. The van der Waals surface area contributed by atoms with Crippen LogP contribution in [0.1, 0.15) is 18.1 Å². The van der Waals surface area contributed by atoms with Crippen molar-refractivity contribution in [2.45, 2.75) is 24.7 Å². The summed E-state index contributed by atoms with van der Waals surface area (Å²) in [6.45, 7) is 2.30. The molecular weight excluding hydrogens is 341 g/mol. The van der Waals surface area contributed by atoms with E-state index >= 15 is 0 Å². The molecule has 0 saturated carbocycles. The Kier molecular flexibility index (Phi) is 5.87. The predicted octanol–water partition coefficient (Wildman–Crippen LogP) is 4.08. The van der Waals surface area contributed by atoms with Gasteiger partial charge in [0.2, 0.25) is 10.0 Å². The van der Waals surface area contributed by atoms with Crippen LogP contribution >= 0.6 is 23.2 Å². The molecule has 0 aliphatic carbocycles. The molecule has 0 fully saturated rings. The minimum absolute atomic E-state index is 0.270. The summed E-state index contributed by atoms with van der Waals surface area (Å²) >= 11 is 11.9. The molecule has 0 saturated heterocycles. The second-order valence-electron chi connectivity index (χ2n) is 4.88. The largest absolute Gasteiger partial charge is 0.240 e. The first-order valence-corrected chi connectivity index (χ1v) is 9.19. The molecule has 1 N–H and O–H groups in total. The summed E-state index contributed by atoms with van der Waals surface area (Å²) in [5.74, 6) is 0. The van der Waals surface area contributed by atoms with Gasteiger partial charge in [0.05, 0.1) is 4.90 Å². The molecule has 0 heterocycles. The molecule has 0 aliphatic rings. The van der Waals surface area contributed by atoms with Crippen molar-refractivity contribution in [3.63, 3.8) is 0 Å². The third-order valence-electron chi connectivity index (χ3n) is 3.34. The maximum atomic E-state index is 12.2. The van der Waals surface area contributed by atoms with Crippen LogP contribution in [0.5, 0.6) is 0 Å². The number of hydrogen-bond acceptors (Lipinski definition) is 2. The van der Waals surface area contributed by atoms with Gasteiger partial charge in [0.25, 0.3) is 0 Å². The highest BCUT2D eigenvalue weighted by Gasteiger charge is 2.13. The van der Waals surface area contributed by atoms with E-state index < -0.39 is 10.0 Å². The van der Waals surface area contributed by atoms with Crippen LogP contribution in [0.25, 0.3) is 0 Å². The SMILES string of the molecule is CCc1ccc(S(=O)(=O)NCCc2ccc(Cl)cc2Cl)cc1. The summed E-state index contributed by atoms with van der Waals surface area (Å²) in [5, 5.41) is 1.10. The Balaban J connectivity index is 2.00. The first-order chi connectivity index (χ1) is 10.4. The van der Waals surface area contributed by atoms with E-state index in [9.17, 15) is 8.42 Å². The van der Waals surface area contributed by atoms with Gasteiger partial charge in [0.1, 0.15) is 0 Å². The van der Waals surface area contributed by atoms with Gasteiger partial charge < -0.3 is 0 Å². The zero-order valence-electron chi connectivity index (χ0n) is 12.1. The van der Waals surface area contributed by atoms with Gasteiger partial charge in [-0.2, -0.15) is 0 Å². The van der Waals surface area contributed by atoms with Crippen LogP contribution in [0, 0.1) is 0 Å². The van der Waals surface area contributed by atoms with E-state index in [1.807, 2.05) is 19.1 Å². The highest BCUT2D eigenvalue weighted by molar-refractivity contribution is 7.89. The monoisotopic (exact) mass is 357 g/mol. The van der Waals surface area contributed by atoms with Crippen LogP contribution in [0.3, 0.4) is 0 Å². The molecule has 0 unspecified atom stereocenters. The van der Waals surface area contributed by atoms with Crippen molar-refractivity contribution < 1.29 is 8.42 Å². The molecule has 0 aliphatic heterocycles. The van der Waals surface area contributed by atoms with Gasteiger partial charge in [0, 0.05) is 16.6 Å². The second-order valence-corrected chi connectivity index (χ2v) is 7.49. The van der Waals surface area contributed by atoms with Crippen molar-refractivity contribution >= 4 is 33.2 Å². The van der Waals surface area contributed by atoms with Crippen molar-refractivity contribution in [2.75, 3.05) is 6.54 Å². The molecule has 3 nitrogen and oxygen atoms in total. The third kappa shape index (κ3) is 4.46. The lowest BCUT2D eigenvalue weighted by Gasteiger charge is -2.08. The number of aryl methyl sites for hydroxylation is 1. The van der Waals surface area contributed by atoms with Crippen molar-refractivity contribution in [2.24, 2.45) is 0 Å². The summed E-state index contributed by atoms with van der Waals surface area (Å²) in [5.41, 5.74) is 1.96. The van der Waals surface area contributed by atoms with E-state index in [1.54, 1.807) is 30.3 Å². The summed E-state index contributed by atoms with van der Waals surface area (Å²) < 4.78 is 27.0. The topological polar surface area (TPSA) is 46.2 Å². The fourth-order valence-corrected chi connectivity index (χ4v) is 3.57. The maximum absolute atomic E-state index is 12.2. The Morgan fingerprint density at radius 1 is 1.05 bits per heavy atom. The summed E-state index contributed by atoms with van der Waals surface area (Å²) in [4.78, 5) is 0.270. The molecule has 6 heteroatoms. The summed E-state index contributed by atoms with van der Waals surface area (Å²) in [6.07, 6.45) is 1.38. The quantitative estimate of drug-likeness (QED) is 0.846. The minimum Gasteiger partial charge on any atom is -0.211 e. The molecule has 0 spiro atoms. The molecule has 22 heavy (non-hydrogen) atoms. The molecule has 0 atom stereocenters. The number of rotatable bonds is 6. The lowest BCUT2D eigenvalue weighted by molar-refractivity contribution is 0.581. The first kappa shape index (κ1) is 17.3. The Bertz CT molecular complexity index is 743. The van der Waals surface area contributed by atoms with Crippen molar-refractivity contribution in [1.82, 2.24) is 4.72 Å². The average molecular weight is 358 g/mol. The molecular formula is C16H17Cl2NO2S. The van der Waals surface area contributed by atoms with E-state index in [-0.39, 0.29) is 11.4 Å². The fraction of sp³-hybridized carbons (Fsp3) is 0.250. The summed E-state index contributed by atoms with van der Waals surface area (Å²) in [6, 6.07) is 12.1. The van der Waals surface area contributed by atoms with Gasteiger partial charge in [-0.3, -0.25) is 0 Å². The van der Waals surface area contributed by atoms with E-state index in [0.29, 0.717) is 16.5 Å². The van der Waals surface area contributed by atoms with Crippen LogP contribution in [0.15, 0.2) is 47.4 Å². The van der Waals surface area contributed by atoms with Gasteiger partial charge in [-0.1, -0.05) is 48.3 Å². The molecule has 0 radical (unpaired) electrons. The van der Waals surface area contributed by atoms with Crippen molar-refractivity contribution in [3.05, 3.63) is 63.6 Å². The molecule has 118 valence electrons. The molecule has 0 amide bonds. The fourth-order valence-electron chi connectivity index (χ4n) is 2.03. The van der Waals surface area contributed by atoms with E-state index in [4.69, 9.17) is 23.2 Å². The zero-order chi connectivity index (χ0) is 16.2. The highest BCUT2D eigenvalue weighted by atomic mass is 35.5. The predicted molar refractivity (Wildman–Crippen MR) is 91.2 cm³/mol. The van der Waals surface area contributed by atoms with Crippen LogP contribution in [-0.2, 0) is 22.9 Å². The molecule has 2 aromatic carbocycles. The number of sulfonamides is 1. The maximum Gasteiger partial charge on any atom is 0.240 e. The van der Waals surface area contributed by atoms with Gasteiger partial charge in [-0.25, -0.2) is 13.1 Å². The number of hydrogen-bond donors (Lipinski definition) is 1. The van der Waals surface area contributed by atoms with Crippen LogP contribution in [0.2, 0.25) is 10.0 Å². The Labute approximate surface area is 141 Å². The van der Waals surface area contributed by atoms with Gasteiger partial charge >= 0.3 is 0 Å². The van der Waals surface area contributed by atoms with E-state index in [0.717, 1.165) is 17.5 Å². The van der Waals surface area contributed by atoms with Gasteiger partial charge in [0.15, 0.2) is 0 Å². The molecule has 0 aromatic heterocycles. The Morgan fingerprint density at radius 3 is 2.32 bits per heavy atom. The number of nitrogens with one attached hydrogen (secondary N) is 1. The van der Waals surface area contributed by atoms with E-state index in [2.05, 4.69) is 4.72 Å². The van der Waals surface area contributed by atoms with Gasteiger partial charge in [-0.05, 0) is 48.2 Å². The smallest absolute Gasteiger partial charge is 0.211 e. The molecule has 2 rings (SSSR count). The molecule has 0 bridgehead atoms.